The number of methoxy groups -OCH3 is 2. The van der Waals surface area contributed by atoms with Crippen LogP contribution < -0.4 is 5.32 Å². The average molecular weight is 368 g/mol. The number of carboxylic acids is 2. The zero-order valence-corrected chi connectivity index (χ0v) is 14.6. The molecule has 0 radical (unpaired) electrons. The Bertz CT molecular complexity index is 766. The van der Waals surface area contributed by atoms with Crippen molar-refractivity contribution in [3.63, 3.8) is 0 Å². The Hall–Kier alpha value is -2.35. The highest BCUT2D eigenvalue weighted by molar-refractivity contribution is 6.30. The number of halogens is 1. The Morgan fingerprint density at radius 2 is 1.76 bits per heavy atom. The highest BCUT2D eigenvalue weighted by atomic mass is 35.5. The van der Waals surface area contributed by atoms with Crippen molar-refractivity contribution < 1.29 is 29.3 Å². The predicted octanol–water partition coefficient (Wildman–Crippen LogP) is 2.34. The van der Waals surface area contributed by atoms with E-state index in [0.717, 1.165) is 0 Å². The molecule has 1 aromatic rings. The fraction of sp³-hybridized carbons (Fsp3) is 0.294. The lowest BCUT2D eigenvalue weighted by molar-refractivity contribution is -0.134. The summed E-state index contributed by atoms with van der Waals surface area (Å²) >= 11 is 6.02. The van der Waals surface area contributed by atoms with E-state index in [1.54, 1.807) is 31.2 Å². The molecule has 1 unspecified atom stereocenters. The van der Waals surface area contributed by atoms with Crippen molar-refractivity contribution in [2.75, 3.05) is 14.2 Å². The molecule has 0 fully saturated rings. The van der Waals surface area contributed by atoms with Gasteiger partial charge in [0.15, 0.2) is 6.29 Å². The van der Waals surface area contributed by atoms with Crippen LogP contribution in [0.2, 0.25) is 5.02 Å². The van der Waals surface area contributed by atoms with Crippen LogP contribution in [0.1, 0.15) is 18.4 Å². The first-order valence-corrected chi connectivity index (χ1v) is 7.69. The molecule has 2 rings (SSSR count). The van der Waals surface area contributed by atoms with Crippen LogP contribution in [-0.4, -0.2) is 42.7 Å². The molecule has 1 heterocycles. The molecule has 0 saturated carbocycles. The zero-order valence-electron chi connectivity index (χ0n) is 13.9. The molecule has 8 heteroatoms. The van der Waals surface area contributed by atoms with Gasteiger partial charge >= 0.3 is 11.9 Å². The van der Waals surface area contributed by atoms with E-state index in [-0.39, 0.29) is 16.8 Å². The number of allylic oxidation sites excluding steroid dienone is 1. The van der Waals surface area contributed by atoms with Gasteiger partial charge in [-0.15, -0.1) is 0 Å². The Balaban J connectivity index is 2.77. The molecule has 1 aliphatic heterocycles. The van der Waals surface area contributed by atoms with E-state index in [9.17, 15) is 19.8 Å². The van der Waals surface area contributed by atoms with Gasteiger partial charge in [-0.05, 0) is 24.6 Å². The van der Waals surface area contributed by atoms with Gasteiger partial charge in [0.1, 0.15) is 0 Å². The lowest BCUT2D eigenvalue weighted by atomic mass is 9.80. The summed E-state index contributed by atoms with van der Waals surface area (Å²) < 4.78 is 10.3. The first-order chi connectivity index (χ1) is 11.8. The van der Waals surface area contributed by atoms with Gasteiger partial charge in [-0.3, -0.25) is 0 Å². The minimum absolute atomic E-state index is 0.0747. The van der Waals surface area contributed by atoms with Crippen molar-refractivity contribution in [2.45, 2.75) is 19.1 Å². The number of nitrogens with one attached hydrogen (secondary N) is 1. The second-order valence-electron chi connectivity index (χ2n) is 5.39. The number of carboxylic acid groups (broad SMARTS) is 2. The molecular weight excluding hydrogens is 350 g/mol. The molecule has 0 aliphatic carbocycles. The number of benzene rings is 1. The molecule has 0 spiro atoms. The van der Waals surface area contributed by atoms with Gasteiger partial charge < -0.3 is 25.0 Å². The molecular formula is C17H18ClNO6. The molecule has 25 heavy (non-hydrogen) atoms. The number of rotatable bonds is 6. The standard InChI is InChI=1S/C17H18ClNO6/c1-8-11(15(20)21)12(9-5-4-6-10(18)7-9)13(16(22)23)14(19-8)17(24-2)25-3/h4-7,12,17,19H,1-3H3,(H,20,21)(H,22,23). The molecule has 1 atom stereocenters. The first-order valence-electron chi connectivity index (χ1n) is 7.31. The van der Waals surface area contributed by atoms with Crippen LogP contribution in [0.4, 0.5) is 0 Å². The molecule has 0 amide bonds. The van der Waals surface area contributed by atoms with Crippen LogP contribution in [0.25, 0.3) is 0 Å². The Kier molecular flexibility index (Phi) is 5.84. The van der Waals surface area contributed by atoms with Gasteiger partial charge in [-0.25, -0.2) is 9.59 Å². The average Bonchev–Trinajstić information content (AvgIpc) is 2.54. The highest BCUT2D eigenvalue weighted by Crippen LogP contribution is 2.40. The molecule has 3 N–H and O–H groups in total. The third-order valence-corrected chi connectivity index (χ3v) is 4.14. The van der Waals surface area contributed by atoms with E-state index in [4.69, 9.17) is 21.1 Å². The summed E-state index contributed by atoms with van der Waals surface area (Å²) in [6, 6.07) is 6.44. The summed E-state index contributed by atoms with van der Waals surface area (Å²) in [5.74, 6) is -3.53. The second kappa shape index (κ2) is 7.69. The Morgan fingerprint density at radius 1 is 1.16 bits per heavy atom. The van der Waals surface area contributed by atoms with E-state index < -0.39 is 24.1 Å². The number of aliphatic carboxylic acids is 2. The normalized spacial score (nSPS) is 17.7. The van der Waals surface area contributed by atoms with Crippen LogP contribution >= 0.6 is 11.6 Å². The van der Waals surface area contributed by atoms with Crippen molar-refractivity contribution in [3.8, 4) is 0 Å². The summed E-state index contributed by atoms with van der Waals surface area (Å²) in [4.78, 5) is 23.8. The monoisotopic (exact) mass is 367 g/mol. The van der Waals surface area contributed by atoms with E-state index in [0.29, 0.717) is 16.3 Å². The van der Waals surface area contributed by atoms with Crippen LogP contribution in [0.15, 0.2) is 46.8 Å². The van der Waals surface area contributed by atoms with Gasteiger partial charge in [-0.2, -0.15) is 0 Å². The number of ether oxygens (including phenoxy) is 2. The summed E-state index contributed by atoms with van der Waals surface area (Å²) in [6.45, 7) is 1.56. The fourth-order valence-corrected chi connectivity index (χ4v) is 3.11. The van der Waals surface area contributed by atoms with Crippen LogP contribution in [0, 0.1) is 0 Å². The number of hydrogen-bond donors (Lipinski definition) is 3. The largest absolute Gasteiger partial charge is 0.478 e. The minimum atomic E-state index is -1.28. The highest BCUT2D eigenvalue weighted by Gasteiger charge is 2.39. The molecule has 1 aliphatic rings. The SMILES string of the molecule is COC(OC)C1=C(C(=O)O)C(c2cccc(Cl)c2)C(C(=O)O)=C(C)N1. The Labute approximate surface area is 149 Å². The van der Waals surface area contributed by atoms with Crippen LogP contribution in [-0.2, 0) is 19.1 Å². The van der Waals surface area contributed by atoms with Gasteiger partial charge in [0.2, 0.25) is 0 Å². The smallest absolute Gasteiger partial charge is 0.334 e. The van der Waals surface area contributed by atoms with Crippen molar-refractivity contribution in [1.82, 2.24) is 5.32 Å². The quantitative estimate of drug-likeness (QED) is 0.663. The van der Waals surface area contributed by atoms with E-state index in [2.05, 4.69) is 5.32 Å². The summed E-state index contributed by atoms with van der Waals surface area (Å²) in [5, 5.41) is 22.6. The number of carbonyl (C=O) groups is 2. The second-order valence-corrected chi connectivity index (χ2v) is 5.83. The van der Waals surface area contributed by atoms with Gasteiger partial charge in [0.25, 0.3) is 0 Å². The Morgan fingerprint density at radius 3 is 2.24 bits per heavy atom. The molecule has 1 aromatic carbocycles. The van der Waals surface area contributed by atoms with Crippen molar-refractivity contribution in [3.05, 3.63) is 57.4 Å². The molecule has 7 nitrogen and oxygen atoms in total. The third-order valence-electron chi connectivity index (χ3n) is 3.90. The first kappa shape index (κ1) is 19.0. The van der Waals surface area contributed by atoms with Gasteiger partial charge in [0.05, 0.1) is 22.8 Å². The van der Waals surface area contributed by atoms with Gasteiger partial charge in [-0.1, -0.05) is 23.7 Å². The maximum Gasteiger partial charge on any atom is 0.334 e. The summed E-state index contributed by atoms with van der Waals surface area (Å²) in [5.41, 5.74) is 0.654. The van der Waals surface area contributed by atoms with Crippen molar-refractivity contribution in [2.24, 2.45) is 0 Å². The molecule has 0 saturated heterocycles. The summed E-state index contributed by atoms with van der Waals surface area (Å²) in [7, 11) is 2.73. The molecule has 0 aromatic heterocycles. The lowest BCUT2D eigenvalue weighted by Crippen LogP contribution is -2.37. The van der Waals surface area contributed by atoms with Crippen LogP contribution in [0.5, 0.6) is 0 Å². The van der Waals surface area contributed by atoms with E-state index in [1.165, 1.54) is 14.2 Å². The minimum Gasteiger partial charge on any atom is -0.478 e. The third kappa shape index (κ3) is 3.68. The lowest BCUT2D eigenvalue weighted by Gasteiger charge is -2.32. The van der Waals surface area contributed by atoms with Crippen molar-refractivity contribution in [1.29, 1.82) is 0 Å². The topological polar surface area (TPSA) is 105 Å². The van der Waals surface area contributed by atoms with E-state index >= 15 is 0 Å². The predicted molar refractivity (Wildman–Crippen MR) is 90.1 cm³/mol. The summed E-state index contributed by atoms with van der Waals surface area (Å²) in [6.07, 6.45) is -0.988. The van der Waals surface area contributed by atoms with Gasteiger partial charge in [0, 0.05) is 24.9 Å². The van der Waals surface area contributed by atoms with E-state index in [1.807, 2.05) is 0 Å². The number of dihydropyridines is 1. The maximum absolute atomic E-state index is 12.0. The fourth-order valence-electron chi connectivity index (χ4n) is 2.91. The number of hydrogen-bond acceptors (Lipinski definition) is 5. The molecule has 134 valence electrons. The van der Waals surface area contributed by atoms with Crippen LogP contribution in [0.3, 0.4) is 0 Å². The zero-order chi connectivity index (χ0) is 18.7. The molecule has 0 bridgehead atoms. The maximum atomic E-state index is 12.0. The van der Waals surface area contributed by atoms with Crippen molar-refractivity contribution >= 4 is 23.5 Å².